The Morgan fingerprint density at radius 2 is 1.92 bits per heavy atom. The van der Waals surface area contributed by atoms with Crippen LogP contribution in [0.2, 0.25) is 0 Å². The standard InChI is InChI=1S/C15H13F3N4O2/c1-21-7-19-12-13(21)20-8-22(14(12)24)6-11(23)9-4-2-3-5-10(9)15(16,17)18/h2-5,7-8,11,23H,6H2,1H3. The third-order valence-electron chi connectivity index (χ3n) is 3.68. The molecule has 0 aliphatic rings. The van der Waals surface area contributed by atoms with Gasteiger partial charge in [0.15, 0.2) is 11.2 Å². The van der Waals surface area contributed by atoms with Gasteiger partial charge in [-0.25, -0.2) is 9.97 Å². The van der Waals surface area contributed by atoms with Gasteiger partial charge in [-0.1, -0.05) is 18.2 Å². The van der Waals surface area contributed by atoms with Gasteiger partial charge < -0.3 is 9.67 Å². The largest absolute Gasteiger partial charge is 0.416 e. The highest BCUT2D eigenvalue weighted by Gasteiger charge is 2.34. The van der Waals surface area contributed by atoms with Crippen LogP contribution in [-0.2, 0) is 19.8 Å². The van der Waals surface area contributed by atoms with Crippen molar-refractivity contribution in [2.75, 3.05) is 0 Å². The second-order valence-electron chi connectivity index (χ2n) is 5.33. The molecular weight excluding hydrogens is 325 g/mol. The summed E-state index contributed by atoms with van der Waals surface area (Å²) in [4.78, 5) is 20.3. The molecule has 6 nitrogen and oxygen atoms in total. The Morgan fingerprint density at radius 3 is 2.62 bits per heavy atom. The summed E-state index contributed by atoms with van der Waals surface area (Å²) >= 11 is 0. The molecule has 126 valence electrons. The van der Waals surface area contributed by atoms with Gasteiger partial charge in [-0.15, -0.1) is 0 Å². The molecule has 0 saturated heterocycles. The van der Waals surface area contributed by atoms with E-state index < -0.39 is 23.4 Å². The summed E-state index contributed by atoms with van der Waals surface area (Å²) in [5.74, 6) is 0. The molecule has 3 rings (SSSR count). The maximum Gasteiger partial charge on any atom is 0.416 e. The van der Waals surface area contributed by atoms with Crippen molar-refractivity contribution in [3.05, 3.63) is 58.4 Å². The van der Waals surface area contributed by atoms with Crippen LogP contribution in [-0.4, -0.2) is 24.2 Å². The predicted octanol–water partition coefficient (Wildman–Crippen LogP) is 1.88. The van der Waals surface area contributed by atoms with Gasteiger partial charge >= 0.3 is 6.18 Å². The van der Waals surface area contributed by atoms with Crippen molar-refractivity contribution >= 4 is 11.2 Å². The smallest absolute Gasteiger partial charge is 0.387 e. The fourth-order valence-corrected chi connectivity index (χ4v) is 2.50. The zero-order valence-corrected chi connectivity index (χ0v) is 12.5. The van der Waals surface area contributed by atoms with E-state index in [0.717, 1.165) is 10.6 Å². The molecule has 24 heavy (non-hydrogen) atoms. The van der Waals surface area contributed by atoms with E-state index in [1.807, 2.05) is 0 Å². The maximum atomic E-state index is 13.0. The predicted molar refractivity (Wildman–Crippen MR) is 79.2 cm³/mol. The highest BCUT2D eigenvalue weighted by atomic mass is 19.4. The topological polar surface area (TPSA) is 72.9 Å². The van der Waals surface area contributed by atoms with Crippen molar-refractivity contribution in [1.82, 2.24) is 19.1 Å². The lowest BCUT2D eigenvalue weighted by molar-refractivity contribution is -0.139. The molecule has 0 aliphatic heterocycles. The van der Waals surface area contributed by atoms with E-state index in [1.165, 1.54) is 30.9 Å². The van der Waals surface area contributed by atoms with Crippen LogP contribution in [0.4, 0.5) is 13.2 Å². The summed E-state index contributed by atoms with van der Waals surface area (Å²) in [5.41, 5.74) is -1.29. The minimum atomic E-state index is -4.59. The lowest BCUT2D eigenvalue weighted by atomic mass is 10.0. The number of hydrogen-bond donors (Lipinski definition) is 1. The van der Waals surface area contributed by atoms with Crippen molar-refractivity contribution in [2.24, 2.45) is 7.05 Å². The normalized spacial score (nSPS) is 13.4. The van der Waals surface area contributed by atoms with Gasteiger partial charge in [-0.2, -0.15) is 13.2 Å². The number of aliphatic hydroxyl groups is 1. The van der Waals surface area contributed by atoms with E-state index in [2.05, 4.69) is 9.97 Å². The van der Waals surface area contributed by atoms with Crippen LogP contribution < -0.4 is 5.56 Å². The molecule has 0 bridgehead atoms. The fraction of sp³-hybridized carbons (Fsp3) is 0.267. The first kappa shape index (κ1) is 16.2. The lowest BCUT2D eigenvalue weighted by Crippen LogP contribution is -2.25. The maximum absolute atomic E-state index is 13.0. The number of alkyl halides is 3. The Morgan fingerprint density at radius 1 is 1.21 bits per heavy atom. The van der Waals surface area contributed by atoms with Gasteiger partial charge in [-0.05, 0) is 11.6 Å². The summed E-state index contributed by atoms with van der Waals surface area (Å²) in [6, 6.07) is 4.72. The second-order valence-corrected chi connectivity index (χ2v) is 5.33. The van der Waals surface area contributed by atoms with Crippen LogP contribution >= 0.6 is 0 Å². The first-order valence-electron chi connectivity index (χ1n) is 6.99. The minimum absolute atomic E-state index is 0.0938. The number of aromatic nitrogens is 4. The van der Waals surface area contributed by atoms with E-state index in [9.17, 15) is 23.1 Å². The molecule has 0 amide bonds. The van der Waals surface area contributed by atoms with Crippen LogP contribution in [0.3, 0.4) is 0 Å². The highest BCUT2D eigenvalue weighted by molar-refractivity contribution is 5.68. The van der Waals surface area contributed by atoms with Crippen molar-refractivity contribution in [3.63, 3.8) is 0 Å². The monoisotopic (exact) mass is 338 g/mol. The number of halogens is 3. The molecule has 0 spiro atoms. The molecule has 1 N–H and O–H groups in total. The molecule has 9 heteroatoms. The number of benzene rings is 1. The van der Waals surface area contributed by atoms with Crippen molar-refractivity contribution in [3.8, 4) is 0 Å². The number of nitrogens with zero attached hydrogens (tertiary/aromatic N) is 4. The molecule has 0 saturated carbocycles. The van der Waals surface area contributed by atoms with E-state index in [4.69, 9.17) is 0 Å². The highest BCUT2D eigenvalue weighted by Crippen LogP contribution is 2.34. The quantitative estimate of drug-likeness (QED) is 0.791. The van der Waals surface area contributed by atoms with Gasteiger partial charge in [0.05, 0.1) is 24.5 Å². The average Bonchev–Trinajstić information content (AvgIpc) is 2.91. The number of aliphatic hydroxyl groups excluding tert-OH is 1. The minimum Gasteiger partial charge on any atom is -0.387 e. The number of hydrogen-bond acceptors (Lipinski definition) is 4. The van der Waals surface area contributed by atoms with Crippen LogP contribution in [0, 0.1) is 0 Å². The molecule has 1 atom stereocenters. The number of rotatable bonds is 3. The van der Waals surface area contributed by atoms with E-state index in [0.29, 0.717) is 5.65 Å². The van der Waals surface area contributed by atoms with Crippen LogP contribution in [0.25, 0.3) is 11.2 Å². The Kier molecular flexibility index (Phi) is 3.88. The van der Waals surface area contributed by atoms with Gasteiger partial charge in [0.2, 0.25) is 0 Å². The first-order valence-corrected chi connectivity index (χ1v) is 6.99. The summed E-state index contributed by atoms with van der Waals surface area (Å²) < 4.78 is 41.7. The van der Waals surface area contributed by atoms with Crippen molar-refractivity contribution in [2.45, 2.75) is 18.8 Å². The molecule has 1 aromatic carbocycles. The molecule has 2 aromatic heterocycles. The van der Waals surface area contributed by atoms with Crippen molar-refractivity contribution < 1.29 is 18.3 Å². The number of aryl methyl sites for hydroxylation is 1. The van der Waals surface area contributed by atoms with Gasteiger partial charge in [-0.3, -0.25) is 9.36 Å². The molecule has 2 heterocycles. The van der Waals surface area contributed by atoms with E-state index in [-0.39, 0.29) is 17.6 Å². The number of fused-ring (bicyclic) bond motifs is 1. The van der Waals surface area contributed by atoms with Crippen LogP contribution in [0.1, 0.15) is 17.2 Å². The fourth-order valence-electron chi connectivity index (χ4n) is 2.50. The summed E-state index contributed by atoms with van der Waals surface area (Å²) in [6.45, 7) is -0.356. The third kappa shape index (κ3) is 2.78. The molecule has 0 aliphatic carbocycles. The summed E-state index contributed by atoms with van der Waals surface area (Å²) in [5, 5.41) is 10.2. The SMILES string of the molecule is Cn1cnc2c(=O)n(CC(O)c3ccccc3C(F)(F)F)cnc21. The zero-order chi connectivity index (χ0) is 17.5. The lowest BCUT2D eigenvalue weighted by Gasteiger charge is -2.18. The Labute approximate surface area is 133 Å². The van der Waals surface area contributed by atoms with E-state index >= 15 is 0 Å². The van der Waals surface area contributed by atoms with Crippen LogP contribution in [0.5, 0.6) is 0 Å². The molecule has 1 unspecified atom stereocenters. The average molecular weight is 338 g/mol. The van der Waals surface area contributed by atoms with Crippen LogP contribution in [0.15, 0.2) is 41.7 Å². The molecule has 0 fully saturated rings. The molecule has 0 radical (unpaired) electrons. The summed E-state index contributed by atoms with van der Waals surface area (Å²) in [6.07, 6.45) is -3.50. The summed E-state index contributed by atoms with van der Waals surface area (Å²) in [7, 11) is 1.67. The first-order chi connectivity index (χ1) is 11.3. The van der Waals surface area contributed by atoms with Gasteiger partial charge in [0, 0.05) is 7.05 Å². The zero-order valence-electron chi connectivity index (χ0n) is 12.5. The van der Waals surface area contributed by atoms with Gasteiger partial charge in [0.25, 0.3) is 5.56 Å². The van der Waals surface area contributed by atoms with Gasteiger partial charge in [0.1, 0.15) is 6.33 Å². The second kappa shape index (κ2) is 5.75. The Hall–Kier alpha value is -2.68. The third-order valence-corrected chi connectivity index (χ3v) is 3.68. The van der Waals surface area contributed by atoms with E-state index in [1.54, 1.807) is 11.6 Å². The molecular formula is C15H13F3N4O2. The Balaban J connectivity index is 1.98. The number of imidazole rings is 1. The van der Waals surface area contributed by atoms with Crippen molar-refractivity contribution in [1.29, 1.82) is 0 Å². The molecule has 3 aromatic rings. The Bertz CT molecular complexity index is 946.